The summed E-state index contributed by atoms with van der Waals surface area (Å²) in [6, 6.07) is 36.7. The van der Waals surface area contributed by atoms with Crippen LogP contribution >= 0.6 is 0 Å². The average Bonchev–Trinajstić information content (AvgIpc) is 3.12. The Hall–Kier alpha value is -5.20. The largest absolute Gasteiger partial charge is 0.0629 e. The number of fused-ring (bicyclic) bond motifs is 4. The Labute approximate surface area is 250 Å². The van der Waals surface area contributed by atoms with E-state index >= 15 is 0 Å². The fraction of sp³-hybridized carbons (Fsp3) is 0.0244. The molecule has 0 saturated carbocycles. The first-order chi connectivity index (χ1) is 23.3. The van der Waals surface area contributed by atoms with E-state index in [0.29, 0.717) is 12.0 Å². The Morgan fingerprint density at radius 1 is 0.390 bits per heavy atom. The van der Waals surface area contributed by atoms with Crippen LogP contribution in [0.2, 0.25) is 0 Å². The lowest BCUT2D eigenvalue weighted by Crippen LogP contribution is -1.97. The zero-order chi connectivity index (χ0) is 33.3. The molecule has 0 spiro atoms. The molecule has 0 saturated heterocycles. The van der Waals surface area contributed by atoms with E-state index in [1.807, 2.05) is 36.4 Å². The number of hydrogen-bond donors (Lipinski definition) is 0. The van der Waals surface area contributed by atoms with E-state index in [2.05, 4.69) is 78.9 Å². The van der Waals surface area contributed by atoms with Crippen molar-refractivity contribution in [1.29, 1.82) is 0 Å². The topological polar surface area (TPSA) is 0 Å². The van der Waals surface area contributed by atoms with Gasteiger partial charge in [0.2, 0.25) is 0 Å². The fourth-order valence-corrected chi connectivity index (χ4v) is 6.27. The molecule has 0 heteroatoms. The molecule has 0 nitrogen and oxygen atoms in total. The van der Waals surface area contributed by atoms with Gasteiger partial charge in [0.25, 0.3) is 0 Å². The molecule has 0 radical (unpaired) electrons. The van der Waals surface area contributed by atoms with Gasteiger partial charge in [0.05, 0.1) is 9.60 Å². The van der Waals surface area contributed by atoms with Crippen LogP contribution in [0.4, 0.5) is 0 Å². The van der Waals surface area contributed by atoms with E-state index in [4.69, 9.17) is 9.60 Å². The summed E-state index contributed by atoms with van der Waals surface area (Å²) < 4.78 is 60.3. The molecule has 192 valence electrons. The van der Waals surface area contributed by atoms with E-state index in [1.54, 1.807) is 0 Å². The van der Waals surface area contributed by atoms with E-state index in [1.165, 1.54) is 10.8 Å². The second kappa shape index (κ2) is 9.77. The van der Waals surface area contributed by atoms with Crippen LogP contribution in [0, 0.1) is 0 Å². The molecule has 8 aromatic rings. The van der Waals surface area contributed by atoms with Gasteiger partial charge in [-0.2, -0.15) is 0 Å². The minimum Gasteiger partial charge on any atom is -0.0619 e. The van der Waals surface area contributed by atoms with Crippen LogP contribution in [0.3, 0.4) is 0 Å². The van der Waals surface area contributed by atoms with E-state index < -0.39 is 12.1 Å². The number of hydrogen-bond acceptors (Lipinski definition) is 0. The highest BCUT2D eigenvalue weighted by atomic mass is 14.2. The minimum absolute atomic E-state index is 0.0397. The molecule has 0 aliphatic heterocycles. The predicted octanol–water partition coefficient (Wildman–Crippen LogP) is 11.2. The van der Waals surface area contributed by atoms with Gasteiger partial charge in [-0.25, -0.2) is 0 Å². The zero-order valence-electron chi connectivity index (χ0n) is 29.2. The number of rotatable bonds is 4. The summed E-state index contributed by atoms with van der Waals surface area (Å²) in [4.78, 5) is 0. The quantitative estimate of drug-likeness (QED) is 0.200. The zero-order valence-corrected chi connectivity index (χ0v) is 22.2. The first-order valence-electron chi connectivity index (χ1n) is 17.3. The molecule has 8 aromatic carbocycles. The van der Waals surface area contributed by atoms with E-state index in [0.717, 1.165) is 43.8 Å². The molecule has 0 aromatic heterocycles. The maximum Gasteiger partial charge on any atom is 0.0629 e. The SMILES string of the molecule is [2H]c1c([2H])c([2H])c2c(-c3ccccc3Cc3c4ccccc4c(-c4cccc5ccccc45)c4ccccc34)c([2H])c([2H])c([2H])c2c1[2H]. The van der Waals surface area contributed by atoms with Crippen molar-refractivity contribution in [3.63, 3.8) is 0 Å². The summed E-state index contributed by atoms with van der Waals surface area (Å²) >= 11 is 0. The highest BCUT2D eigenvalue weighted by molar-refractivity contribution is 6.18. The maximum absolute atomic E-state index is 9.01. The van der Waals surface area contributed by atoms with Crippen molar-refractivity contribution in [1.82, 2.24) is 0 Å². The van der Waals surface area contributed by atoms with Gasteiger partial charge >= 0.3 is 0 Å². The van der Waals surface area contributed by atoms with Crippen LogP contribution in [-0.2, 0) is 6.42 Å². The van der Waals surface area contributed by atoms with Crippen LogP contribution in [0.5, 0.6) is 0 Å². The van der Waals surface area contributed by atoms with E-state index in [-0.39, 0.29) is 46.5 Å². The smallest absolute Gasteiger partial charge is 0.0619 e. The number of benzene rings is 8. The Morgan fingerprint density at radius 3 is 1.78 bits per heavy atom. The van der Waals surface area contributed by atoms with Gasteiger partial charge in [0, 0.05) is 0 Å². The third-order valence-corrected chi connectivity index (χ3v) is 8.07. The highest BCUT2D eigenvalue weighted by Crippen LogP contribution is 2.43. The van der Waals surface area contributed by atoms with Crippen LogP contribution in [0.25, 0.3) is 65.3 Å². The van der Waals surface area contributed by atoms with Crippen LogP contribution in [0.15, 0.2) is 158 Å². The van der Waals surface area contributed by atoms with Crippen molar-refractivity contribution in [2.45, 2.75) is 6.42 Å². The monoisotopic (exact) mass is 527 g/mol. The molecular formula is C41H28. The third-order valence-electron chi connectivity index (χ3n) is 8.07. The van der Waals surface area contributed by atoms with Gasteiger partial charge in [-0.05, 0) is 82.9 Å². The lowest BCUT2D eigenvalue weighted by molar-refractivity contribution is 1.23. The Bertz CT molecular complexity index is 2550. The summed E-state index contributed by atoms with van der Waals surface area (Å²) in [5.74, 6) is 0. The molecule has 8 rings (SSSR count). The second-order valence-corrected chi connectivity index (χ2v) is 10.3. The summed E-state index contributed by atoms with van der Waals surface area (Å²) in [6.07, 6.45) is 0.467. The van der Waals surface area contributed by atoms with E-state index in [9.17, 15) is 0 Å². The van der Waals surface area contributed by atoms with Crippen LogP contribution in [0.1, 0.15) is 20.7 Å². The Balaban J connectivity index is 1.43. The normalized spacial score (nSPS) is 13.9. The average molecular weight is 528 g/mol. The predicted molar refractivity (Wildman–Crippen MR) is 177 cm³/mol. The Morgan fingerprint density at radius 2 is 0.976 bits per heavy atom. The van der Waals surface area contributed by atoms with Gasteiger partial charge in [0.1, 0.15) is 0 Å². The minimum atomic E-state index is -0.457. The van der Waals surface area contributed by atoms with Gasteiger partial charge in [-0.1, -0.05) is 158 Å². The molecule has 0 bridgehead atoms. The third kappa shape index (κ3) is 3.91. The summed E-state index contributed by atoms with van der Waals surface area (Å²) in [5, 5.41) is 6.83. The molecule has 0 aliphatic rings. The molecule has 0 heterocycles. The summed E-state index contributed by atoms with van der Waals surface area (Å²) in [6.45, 7) is 0. The van der Waals surface area contributed by atoms with Crippen LogP contribution < -0.4 is 0 Å². The molecule has 0 N–H and O–H groups in total. The van der Waals surface area contributed by atoms with Gasteiger partial charge in [0.15, 0.2) is 0 Å². The standard InChI is InChI=1S/C41H28/c1-4-18-31-28(13-1)16-11-25-34(31)33-20-6-3-15-30(33)27-40-35-21-7-9-23-38(35)41(39-24-10-8-22-36(39)40)37-26-12-17-29-14-2-5-19-32(29)37/h1-26H,27H2/i1D,4D,11D,13D,16D,18D,25D. The second-order valence-electron chi connectivity index (χ2n) is 10.3. The van der Waals surface area contributed by atoms with Crippen LogP contribution in [-0.4, -0.2) is 0 Å². The highest BCUT2D eigenvalue weighted by Gasteiger charge is 2.18. The van der Waals surface area contributed by atoms with Gasteiger partial charge < -0.3 is 0 Å². The molecule has 0 amide bonds. The Kier molecular flexibility index (Phi) is 4.16. The first kappa shape index (κ1) is 17.5. The van der Waals surface area contributed by atoms with Crippen molar-refractivity contribution < 1.29 is 9.60 Å². The van der Waals surface area contributed by atoms with Crippen molar-refractivity contribution in [3.05, 3.63) is 169 Å². The molecule has 0 aliphatic carbocycles. The summed E-state index contributed by atoms with van der Waals surface area (Å²) in [5.41, 5.74) is 5.12. The molecule has 41 heavy (non-hydrogen) atoms. The van der Waals surface area contributed by atoms with Gasteiger partial charge in [-0.15, -0.1) is 0 Å². The fourth-order valence-electron chi connectivity index (χ4n) is 6.27. The first-order valence-corrected chi connectivity index (χ1v) is 13.8. The molecular weight excluding hydrogens is 492 g/mol. The molecule has 0 fully saturated rings. The summed E-state index contributed by atoms with van der Waals surface area (Å²) in [7, 11) is 0. The van der Waals surface area contributed by atoms with Crippen molar-refractivity contribution in [2.75, 3.05) is 0 Å². The van der Waals surface area contributed by atoms with Gasteiger partial charge in [-0.3, -0.25) is 0 Å². The maximum atomic E-state index is 9.01. The van der Waals surface area contributed by atoms with Crippen molar-refractivity contribution in [2.24, 2.45) is 0 Å². The lowest BCUT2D eigenvalue weighted by Gasteiger charge is -2.20. The molecule has 0 unspecified atom stereocenters. The van der Waals surface area contributed by atoms with Crippen molar-refractivity contribution in [3.8, 4) is 22.3 Å². The lowest BCUT2D eigenvalue weighted by atomic mass is 9.84. The molecule has 0 atom stereocenters. The van der Waals surface area contributed by atoms with Crippen molar-refractivity contribution >= 4 is 43.1 Å².